The van der Waals surface area contributed by atoms with Gasteiger partial charge in [-0.15, -0.1) is 0 Å². The van der Waals surface area contributed by atoms with E-state index in [2.05, 4.69) is 5.32 Å². The highest BCUT2D eigenvalue weighted by Gasteiger charge is 2.51. The Morgan fingerprint density at radius 1 is 1.08 bits per heavy atom. The van der Waals surface area contributed by atoms with Crippen LogP contribution in [0.2, 0.25) is 5.02 Å². The molecule has 1 aliphatic rings. The topological polar surface area (TPSA) is 47.6 Å². The molecule has 2 aromatic carbocycles. The molecule has 4 nitrogen and oxygen atoms in total. The normalized spacial score (nSPS) is 14.7. The molecule has 0 aliphatic heterocycles. The van der Waals surface area contributed by atoms with Crippen LogP contribution >= 0.6 is 11.6 Å². The molecule has 1 fully saturated rings. The minimum Gasteiger partial charge on any atom is -0.494 e. The fraction of sp³-hybridized carbons (Fsp3) is 0.350. The maximum atomic E-state index is 13.0. The van der Waals surface area contributed by atoms with Crippen LogP contribution in [0.25, 0.3) is 0 Å². The summed E-state index contributed by atoms with van der Waals surface area (Å²) in [6.45, 7) is 4.93. The molecular weight excluding hydrogens is 338 g/mol. The molecule has 1 N–H and O–H groups in total. The molecular formula is C20H22ClNO3. The van der Waals surface area contributed by atoms with E-state index in [1.807, 2.05) is 56.3 Å². The number of carbonyl (C=O) groups excluding carboxylic acids is 1. The Kier molecular flexibility index (Phi) is 5.19. The van der Waals surface area contributed by atoms with Gasteiger partial charge in [0.25, 0.3) is 0 Å². The van der Waals surface area contributed by atoms with Crippen molar-refractivity contribution in [3.05, 3.63) is 53.1 Å². The summed E-state index contributed by atoms with van der Waals surface area (Å²) in [5.74, 6) is 1.33. The first-order chi connectivity index (χ1) is 12.1. The highest BCUT2D eigenvalue weighted by atomic mass is 35.5. The molecule has 1 aliphatic carbocycles. The number of rotatable bonds is 7. The Balaban J connectivity index is 1.84. The van der Waals surface area contributed by atoms with Crippen molar-refractivity contribution in [1.82, 2.24) is 0 Å². The van der Waals surface area contributed by atoms with Crippen LogP contribution < -0.4 is 14.8 Å². The average molecular weight is 360 g/mol. The molecule has 132 valence electrons. The van der Waals surface area contributed by atoms with E-state index in [4.69, 9.17) is 21.1 Å². The summed E-state index contributed by atoms with van der Waals surface area (Å²) in [7, 11) is 0. The monoisotopic (exact) mass is 359 g/mol. The zero-order chi connectivity index (χ0) is 17.9. The molecule has 3 rings (SSSR count). The smallest absolute Gasteiger partial charge is 0.235 e. The zero-order valence-corrected chi connectivity index (χ0v) is 15.2. The standard InChI is InChI=1S/C20H22ClNO3/c1-3-24-16-9-10-18(25-4-2)17(13-16)22-19(23)20(11-12-20)14-5-7-15(21)8-6-14/h5-10,13H,3-4,11-12H2,1-2H3,(H,22,23). The molecule has 0 atom stereocenters. The third-order valence-corrected chi connectivity index (χ3v) is 4.64. The van der Waals surface area contributed by atoms with Crippen molar-refractivity contribution in [3.8, 4) is 11.5 Å². The number of halogens is 1. The maximum absolute atomic E-state index is 13.0. The first-order valence-corrected chi connectivity index (χ1v) is 8.94. The lowest BCUT2D eigenvalue weighted by Crippen LogP contribution is -2.28. The Hall–Kier alpha value is -2.20. The molecule has 1 saturated carbocycles. The summed E-state index contributed by atoms with van der Waals surface area (Å²) in [4.78, 5) is 13.0. The van der Waals surface area contributed by atoms with E-state index in [1.165, 1.54) is 0 Å². The van der Waals surface area contributed by atoms with E-state index in [0.29, 0.717) is 35.4 Å². The highest BCUT2D eigenvalue weighted by molar-refractivity contribution is 6.30. The second-order valence-corrected chi connectivity index (χ2v) is 6.50. The first-order valence-electron chi connectivity index (χ1n) is 8.56. The van der Waals surface area contributed by atoms with Gasteiger partial charge < -0.3 is 14.8 Å². The summed E-state index contributed by atoms with van der Waals surface area (Å²) in [5.41, 5.74) is 1.15. The lowest BCUT2D eigenvalue weighted by atomic mass is 9.95. The van der Waals surface area contributed by atoms with Gasteiger partial charge in [-0.1, -0.05) is 23.7 Å². The van der Waals surface area contributed by atoms with Gasteiger partial charge in [0, 0.05) is 11.1 Å². The summed E-state index contributed by atoms with van der Waals surface area (Å²) in [5, 5.41) is 3.70. The van der Waals surface area contributed by atoms with Crippen LogP contribution in [0, 0.1) is 0 Å². The Labute approximate surface area is 153 Å². The summed E-state index contributed by atoms with van der Waals surface area (Å²) in [6, 6.07) is 13.0. The van der Waals surface area contributed by atoms with Crippen molar-refractivity contribution in [3.63, 3.8) is 0 Å². The van der Waals surface area contributed by atoms with Crippen LogP contribution in [0.4, 0.5) is 5.69 Å². The average Bonchev–Trinajstić information content (AvgIpc) is 3.40. The molecule has 0 spiro atoms. The van der Waals surface area contributed by atoms with Crippen molar-refractivity contribution < 1.29 is 14.3 Å². The Morgan fingerprint density at radius 2 is 1.76 bits per heavy atom. The first kappa shape index (κ1) is 17.6. The fourth-order valence-electron chi connectivity index (χ4n) is 2.93. The molecule has 0 unspecified atom stereocenters. The van der Waals surface area contributed by atoms with Gasteiger partial charge in [-0.05, 0) is 56.5 Å². The number of hydrogen-bond acceptors (Lipinski definition) is 3. The third kappa shape index (κ3) is 3.74. The van der Waals surface area contributed by atoms with Crippen LogP contribution in [0.15, 0.2) is 42.5 Å². The molecule has 0 saturated heterocycles. The number of anilines is 1. The van der Waals surface area contributed by atoms with E-state index in [-0.39, 0.29) is 5.91 Å². The number of benzene rings is 2. The van der Waals surface area contributed by atoms with Crippen molar-refractivity contribution in [1.29, 1.82) is 0 Å². The van der Waals surface area contributed by atoms with Crippen LogP contribution in [0.5, 0.6) is 11.5 Å². The predicted molar refractivity (Wildman–Crippen MR) is 99.8 cm³/mol. The molecule has 0 aromatic heterocycles. The van der Waals surface area contributed by atoms with Gasteiger partial charge in [0.15, 0.2) is 0 Å². The highest BCUT2D eigenvalue weighted by Crippen LogP contribution is 2.49. The lowest BCUT2D eigenvalue weighted by Gasteiger charge is -2.18. The molecule has 2 aromatic rings. The Morgan fingerprint density at radius 3 is 2.36 bits per heavy atom. The molecule has 5 heteroatoms. The number of nitrogens with one attached hydrogen (secondary N) is 1. The number of hydrogen-bond donors (Lipinski definition) is 1. The minimum absolute atomic E-state index is 0.0237. The zero-order valence-electron chi connectivity index (χ0n) is 14.5. The van der Waals surface area contributed by atoms with Crippen molar-refractivity contribution >= 4 is 23.2 Å². The van der Waals surface area contributed by atoms with Crippen molar-refractivity contribution in [2.75, 3.05) is 18.5 Å². The van der Waals surface area contributed by atoms with Crippen LogP contribution in [0.1, 0.15) is 32.3 Å². The van der Waals surface area contributed by atoms with Gasteiger partial charge in [-0.2, -0.15) is 0 Å². The summed E-state index contributed by atoms with van der Waals surface area (Å²) in [6.07, 6.45) is 1.66. The number of ether oxygens (including phenoxy) is 2. The van der Waals surface area contributed by atoms with Gasteiger partial charge >= 0.3 is 0 Å². The second kappa shape index (κ2) is 7.36. The van der Waals surface area contributed by atoms with E-state index in [9.17, 15) is 4.79 Å². The molecule has 25 heavy (non-hydrogen) atoms. The van der Waals surface area contributed by atoms with Crippen molar-refractivity contribution in [2.24, 2.45) is 0 Å². The van der Waals surface area contributed by atoms with E-state index in [1.54, 1.807) is 0 Å². The number of carbonyl (C=O) groups is 1. The number of amides is 1. The maximum Gasteiger partial charge on any atom is 0.235 e. The van der Waals surface area contributed by atoms with Crippen molar-refractivity contribution in [2.45, 2.75) is 32.1 Å². The van der Waals surface area contributed by atoms with Crippen LogP contribution in [-0.2, 0) is 10.2 Å². The summed E-state index contributed by atoms with van der Waals surface area (Å²) >= 11 is 5.96. The van der Waals surface area contributed by atoms with Gasteiger partial charge in [-0.25, -0.2) is 0 Å². The van der Waals surface area contributed by atoms with Gasteiger partial charge in [0.2, 0.25) is 5.91 Å². The predicted octanol–water partition coefficient (Wildman–Crippen LogP) is 4.81. The van der Waals surface area contributed by atoms with Gasteiger partial charge in [0.05, 0.1) is 24.3 Å². The second-order valence-electron chi connectivity index (χ2n) is 6.07. The van der Waals surface area contributed by atoms with Gasteiger partial charge in [0.1, 0.15) is 11.5 Å². The third-order valence-electron chi connectivity index (χ3n) is 4.39. The quantitative estimate of drug-likeness (QED) is 0.771. The van der Waals surface area contributed by atoms with Crippen LogP contribution in [-0.4, -0.2) is 19.1 Å². The molecule has 0 bridgehead atoms. The molecule has 1 amide bonds. The molecule has 0 radical (unpaired) electrons. The van der Waals surface area contributed by atoms with E-state index >= 15 is 0 Å². The van der Waals surface area contributed by atoms with Gasteiger partial charge in [-0.3, -0.25) is 4.79 Å². The fourth-order valence-corrected chi connectivity index (χ4v) is 3.05. The largest absolute Gasteiger partial charge is 0.494 e. The molecule has 0 heterocycles. The summed E-state index contributed by atoms with van der Waals surface area (Å²) < 4.78 is 11.2. The van der Waals surface area contributed by atoms with Crippen LogP contribution in [0.3, 0.4) is 0 Å². The SMILES string of the molecule is CCOc1ccc(OCC)c(NC(=O)C2(c3ccc(Cl)cc3)CC2)c1. The van der Waals surface area contributed by atoms with E-state index in [0.717, 1.165) is 18.4 Å². The lowest BCUT2D eigenvalue weighted by molar-refractivity contribution is -0.118. The van der Waals surface area contributed by atoms with E-state index < -0.39 is 5.41 Å². The Bertz CT molecular complexity index is 754. The minimum atomic E-state index is -0.476.